The summed E-state index contributed by atoms with van der Waals surface area (Å²) in [5.41, 5.74) is 7.39. The summed E-state index contributed by atoms with van der Waals surface area (Å²) in [6, 6.07) is 5.60. The first-order chi connectivity index (χ1) is 5.25. The maximum atomic E-state index is 10.9. The zero-order valence-electron chi connectivity index (χ0n) is 5.83. The molecule has 0 spiro atoms. The number of nitrogens with two attached hydrogens (primary N) is 1. The average Bonchev–Trinajstić information content (AvgIpc) is 2.27. The SMILES string of the molecule is Nc1ccc2c(c1)SC(=O)C2. The van der Waals surface area contributed by atoms with Crippen molar-refractivity contribution in [2.75, 3.05) is 5.73 Å². The molecule has 1 aliphatic rings. The van der Waals surface area contributed by atoms with Gasteiger partial charge in [-0.05, 0) is 17.7 Å². The van der Waals surface area contributed by atoms with Crippen molar-refractivity contribution in [3.63, 3.8) is 0 Å². The number of nitrogen functional groups attached to an aromatic ring is 1. The number of hydrogen-bond acceptors (Lipinski definition) is 3. The molecule has 56 valence electrons. The molecule has 2 nitrogen and oxygen atoms in total. The average molecular weight is 165 g/mol. The van der Waals surface area contributed by atoms with Crippen LogP contribution in [0.2, 0.25) is 0 Å². The third-order valence-electron chi connectivity index (χ3n) is 1.65. The first-order valence-corrected chi connectivity index (χ1v) is 4.16. The van der Waals surface area contributed by atoms with Gasteiger partial charge in [-0.1, -0.05) is 17.8 Å². The van der Waals surface area contributed by atoms with Crippen molar-refractivity contribution in [1.29, 1.82) is 0 Å². The molecule has 1 aromatic rings. The van der Waals surface area contributed by atoms with Gasteiger partial charge in [0, 0.05) is 17.0 Å². The number of benzene rings is 1. The van der Waals surface area contributed by atoms with Gasteiger partial charge in [0.1, 0.15) is 0 Å². The van der Waals surface area contributed by atoms with Gasteiger partial charge in [-0.3, -0.25) is 4.79 Å². The van der Waals surface area contributed by atoms with Crippen LogP contribution < -0.4 is 5.73 Å². The van der Waals surface area contributed by atoms with Crippen LogP contribution in [0.3, 0.4) is 0 Å². The maximum Gasteiger partial charge on any atom is 0.198 e. The highest BCUT2D eigenvalue weighted by molar-refractivity contribution is 8.14. The third kappa shape index (κ3) is 1.12. The monoisotopic (exact) mass is 165 g/mol. The highest BCUT2D eigenvalue weighted by atomic mass is 32.2. The van der Waals surface area contributed by atoms with Crippen LogP contribution in [0, 0.1) is 0 Å². The first kappa shape index (κ1) is 6.73. The molecule has 3 heteroatoms. The molecule has 2 rings (SSSR count). The van der Waals surface area contributed by atoms with Crippen LogP contribution in [-0.2, 0) is 11.2 Å². The van der Waals surface area contributed by atoms with E-state index in [0.29, 0.717) is 6.42 Å². The molecule has 0 atom stereocenters. The van der Waals surface area contributed by atoms with Crippen LogP contribution in [0.4, 0.5) is 5.69 Å². The molecule has 0 radical (unpaired) electrons. The van der Waals surface area contributed by atoms with Crippen LogP contribution >= 0.6 is 11.8 Å². The number of rotatable bonds is 0. The highest BCUT2D eigenvalue weighted by Gasteiger charge is 2.18. The predicted molar refractivity (Wildman–Crippen MR) is 45.4 cm³/mol. The van der Waals surface area contributed by atoms with Crippen molar-refractivity contribution in [1.82, 2.24) is 0 Å². The van der Waals surface area contributed by atoms with Crippen molar-refractivity contribution in [3.05, 3.63) is 23.8 Å². The summed E-state index contributed by atoms with van der Waals surface area (Å²) in [5, 5.41) is 0.214. The summed E-state index contributed by atoms with van der Waals surface area (Å²) in [7, 11) is 0. The number of carbonyl (C=O) groups excluding carboxylic acids is 1. The Balaban J connectivity index is 2.51. The maximum absolute atomic E-state index is 10.9. The molecular formula is C8H7NOS. The molecular weight excluding hydrogens is 158 g/mol. The van der Waals surface area contributed by atoms with E-state index in [1.54, 1.807) is 0 Å². The topological polar surface area (TPSA) is 43.1 Å². The Bertz CT molecular complexity index is 322. The Labute approximate surface area is 68.8 Å². The second-order valence-corrected chi connectivity index (χ2v) is 3.62. The molecule has 0 aliphatic carbocycles. The Morgan fingerprint density at radius 2 is 2.27 bits per heavy atom. The molecule has 0 amide bonds. The third-order valence-corrected chi connectivity index (χ3v) is 2.62. The molecule has 11 heavy (non-hydrogen) atoms. The lowest BCUT2D eigenvalue weighted by atomic mass is 10.1. The summed E-state index contributed by atoms with van der Waals surface area (Å²) in [6.45, 7) is 0. The summed E-state index contributed by atoms with van der Waals surface area (Å²) in [4.78, 5) is 12.0. The van der Waals surface area contributed by atoms with Crippen molar-refractivity contribution in [2.45, 2.75) is 11.3 Å². The summed E-state index contributed by atoms with van der Waals surface area (Å²) >= 11 is 1.29. The van der Waals surface area contributed by atoms with E-state index in [1.165, 1.54) is 11.8 Å². The lowest BCUT2D eigenvalue weighted by molar-refractivity contribution is -0.110. The molecule has 1 aliphatic heterocycles. The molecule has 1 aromatic carbocycles. The fourth-order valence-electron chi connectivity index (χ4n) is 1.13. The standard InChI is InChI=1S/C8H7NOS/c9-6-2-1-5-3-8(10)11-7(5)4-6/h1-2,4H,3,9H2. The molecule has 0 saturated heterocycles. The van der Waals surface area contributed by atoms with Gasteiger partial charge < -0.3 is 5.73 Å². The zero-order valence-corrected chi connectivity index (χ0v) is 6.65. The van der Waals surface area contributed by atoms with Crippen LogP contribution in [0.25, 0.3) is 0 Å². The van der Waals surface area contributed by atoms with E-state index in [1.807, 2.05) is 18.2 Å². The van der Waals surface area contributed by atoms with E-state index in [9.17, 15) is 4.79 Å². The quantitative estimate of drug-likeness (QED) is 0.591. The second kappa shape index (κ2) is 2.27. The lowest BCUT2D eigenvalue weighted by Gasteiger charge is -1.96. The number of hydrogen-bond donors (Lipinski definition) is 1. The minimum Gasteiger partial charge on any atom is -0.399 e. The van der Waals surface area contributed by atoms with Crippen molar-refractivity contribution >= 4 is 22.6 Å². The Hall–Kier alpha value is -0.960. The van der Waals surface area contributed by atoms with Crippen LogP contribution in [-0.4, -0.2) is 5.12 Å². The fraction of sp³-hybridized carbons (Fsp3) is 0.125. The summed E-state index contributed by atoms with van der Waals surface area (Å²) in [5.74, 6) is 0. The largest absolute Gasteiger partial charge is 0.399 e. The van der Waals surface area contributed by atoms with E-state index in [0.717, 1.165) is 16.1 Å². The van der Waals surface area contributed by atoms with E-state index in [4.69, 9.17) is 5.73 Å². The van der Waals surface area contributed by atoms with E-state index in [2.05, 4.69) is 0 Å². The van der Waals surface area contributed by atoms with Gasteiger partial charge in [0.2, 0.25) is 0 Å². The predicted octanol–water partition coefficient (Wildman–Crippen LogP) is 1.44. The molecule has 0 aromatic heterocycles. The molecule has 1 heterocycles. The van der Waals surface area contributed by atoms with Gasteiger partial charge >= 0.3 is 0 Å². The van der Waals surface area contributed by atoms with E-state index in [-0.39, 0.29) is 5.12 Å². The Kier molecular flexibility index (Phi) is 1.39. The van der Waals surface area contributed by atoms with Crippen molar-refractivity contribution in [3.8, 4) is 0 Å². The Morgan fingerprint density at radius 1 is 1.45 bits per heavy atom. The number of carbonyl (C=O) groups is 1. The van der Waals surface area contributed by atoms with E-state index >= 15 is 0 Å². The van der Waals surface area contributed by atoms with Gasteiger partial charge in [0.15, 0.2) is 5.12 Å². The van der Waals surface area contributed by atoms with Gasteiger partial charge in [-0.15, -0.1) is 0 Å². The van der Waals surface area contributed by atoms with Crippen LogP contribution in [0.5, 0.6) is 0 Å². The normalized spacial score (nSPS) is 15.1. The van der Waals surface area contributed by atoms with Gasteiger partial charge in [-0.25, -0.2) is 0 Å². The number of fused-ring (bicyclic) bond motifs is 1. The minimum atomic E-state index is 0.214. The zero-order chi connectivity index (χ0) is 7.84. The van der Waals surface area contributed by atoms with Crippen molar-refractivity contribution in [2.24, 2.45) is 0 Å². The summed E-state index contributed by atoms with van der Waals surface area (Å²) in [6.07, 6.45) is 0.556. The highest BCUT2D eigenvalue weighted by Crippen LogP contribution is 2.33. The number of thioether (sulfide) groups is 1. The van der Waals surface area contributed by atoms with Gasteiger partial charge in [-0.2, -0.15) is 0 Å². The van der Waals surface area contributed by atoms with Gasteiger partial charge in [0.25, 0.3) is 0 Å². The molecule has 0 saturated carbocycles. The molecule has 2 N–H and O–H groups in total. The molecule has 0 fully saturated rings. The Morgan fingerprint density at radius 3 is 3.09 bits per heavy atom. The van der Waals surface area contributed by atoms with Gasteiger partial charge in [0.05, 0.1) is 0 Å². The smallest absolute Gasteiger partial charge is 0.198 e. The van der Waals surface area contributed by atoms with Crippen LogP contribution in [0.15, 0.2) is 23.1 Å². The van der Waals surface area contributed by atoms with Crippen molar-refractivity contribution < 1.29 is 4.79 Å². The van der Waals surface area contributed by atoms with E-state index < -0.39 is 0 Å². The lowest BCUT2D eigenvalue weighted by Crippen LogP contribution is -1.87. The molecule has 0 unspecified atom stereocenters. The van der Waals surface area contributed by atoms with Crippen LogP contribution in [0.1, 0.15) is 5.56 Å². The summed E-state index contributed by atoms with van der Waals surface area (Å²) < 4.78 is 0. The number of anilines is 1. The first-order valence-electron chi connectivity index (χ1n) is 3.35. The fourth-order valence-corrected chi connectivity index (χ4v) is 2.07. The molecule has 0 bridgehead atoms. The second-order valence-electron chi connectivity index (χ2n) is 2.52. The minimum absolute atomic E-state index is 0.214.